The fraction of sp³-hybridized carbons (Fsp3) is 0.600. The van der Waals surface area contributed by atoms with Crippen LogP contribution in [0.3, 0.4) is 0 Å². The van der Waals surface area contributed by atoms with Crippen LogP contribution in [0.25, 0.3) is 0 Å². The number of aryl methyl sites for hydroxylation is 1. The highest BCUT2D eigenvalue weighted by Crippen LogP contribution is 2.14. The molecule has 1 unspecified atom stereocenters. The lowest BCUT2D eigenvalue weighted by Gasteiger charge is -2.00. The van der Waals surface area contributed by atoms with Gasteiger partial charge in [0.2, 0.25) is 12.3 Å². The van der Waals surface area contributed by atoms with Crippen molar-refractivity contribution in [1.29, 1.82) is 0 Å². The molecular weight excluding hydrogens is 242 g/mol. The molecule has 0 saturated carbocycles. The Kier molecular flexibility index (Phi) is 4.77. The van der Waals surface area contributed by atoms with Gasteiger partial charge in [-0.05, 0) is 18.6 Å². The molecule has 0 amide bonds. The summed E-state index contributed by atoms with van der Waals surface area (Å²) in [6, 6.07) is 3.53. The van der Waals surface area contributed by atoms with Crippen LogP contribution in [0.15, 0.2) is 16.5 Å². The van der Waals surface area contributed by atoms with Crippen molar-refractivity contribution in [3.8, 4) is 0 Å². The number of nitrogens with zero attached hydrogens (tertiary/aromatic N) is 1. The number of hydrogen-bond donors (Lipinski definition) is 1. The normalized spacial score (nSPS) is 21.1. The van der Waals surface area contributed by atoms with Gasteiger partial charge in [0.1, 0.15) is 12.3 Å². The number of carbonyl (C=O) groups is 1. The minimum Gasteiger partial charge on any atom is -0.476 e. The van der Waals surface area contributed by atoms with E-state index in [2.05, 4.69) is 6.92 Å². The second-order valence-electron chi connectivity index (χ2n) is 5.12. The van der Waals surface area contributed by atoms with Gasteiger partial charge in [-0.3, -0.25) is 0 Å². The summed E-state index contributed by atoms with van der Waals surface area (Å²) in [7, 11) is 0. The molecule has 104 valence electrons. The van der Waals surface area contributed by atoms with Crippen molar-refractivity contribution in [2.24, 2.45) is 0 Å². The van der Waals surface area contributed by atoms with Crippen molar-refractivity contribution in [1.82, 2.24) is 0 Å². The van der Waals surface area contributed by atoms with Crippen molar-refractivity contribution in [2.45, 2.75) is 51.5 Å². The third-order valence-electron chi connectivity index (χ3n) is 3.58. The van der Waals surface area contributed by atoms with Gasteiger partial charge in [-0.1, -0.05) is 19.8 Å². The SMILES string of the molecule is CCCCCc1ccc(C=[N+]2CCCC2C(=O)O)o1. The van der Waals surface area contributed by atoms with Crippen LogP contribution >= 0.6 is 0 Å². The molecular formula is C15H22NO3+. The summed E-state index contributed by atoms with van der Waals surface area (Å²) in [6.07, 6.45) is 8.01. The van der Waals surface area contributed by atoms with Crippen molar-refractivity contribution < 1.29 is 18.9 Å². The summed E-state index contributed by atoms with van der Waals surface area (Å²) < 4.78 is 7.60. The Labute approximate surface area is 113 Å². The van der Waals surface area contributed by atoms with E-state index in [1.807, 2.05) is 22.9 Å². The first-order valence-electron chi connectivity index (χ1n) is 7.13. The number of rotatable bonds is 6. The Hall–Kier alpha value is -1.58. The fourth-order valence-electron chi connectivity index (χ4n) is 2.52. The summed E-state index contributed by atoms with van der Waals surface area (Å²) >= 11 is 0. The predicted octanol–water partition coefficient (Wildman–Crippen LogP) is 2.69. The van der Waals surface area contributed by atoms with Gasteiger partial charge in [0.25, 0.3) is 0 Å². The van der Waals surface area contributed by atoms with Crippen LogP contribution in [0, 0.1) is 0 Å². The number of carboxylic acid groups (broad SMARTS) is 1. The van der Waals surface area contributed by atoms with Gasteiger partial charge < -0.3 is 9.52 Å². The first-order valence-corrected chi connectivity index (χ1v) is 7.13. The monoisotopic (exact) mass is 264 g/mol. The van der Waals surface area contributed by atoms with Gasteiger partial charge in [-0.2, -0.15) is 0 Å². The van der Waals surface area contributed by atoms with E-state index in [0.717, 1.165) is 43.7 Å². The zero-order chi connectivity index (χ0) is 13.7. The molecule has 1 saturated heterocycles. The average Bonchev–Trinajstić information content (AvgIpc) is 2.99. The molecule has 0 spiro atoms. The van der Waals surface area contributed by atoms with Crippen molar-refractivity contribution in [3.63, 3.8) is 0 Å². The maximum Gasteiger partial charge on any atom is 0.372 e. The maximum absolute atomic E-state index is 11.1. The average molecular weight is 264 g/mol. The summed E-state index contributed by atoms with van der Waals surface area (Å²) in [5.41, 5.74) is 0. The van der Waals surface area contributed by atoms with E-state index in [4.69, 9.17) is 9.52 Å². The molecule has 0 radical (unpaired) electrons. The highest BCUT2D eigenvalue weighted by Gasteiger charge is 2.34. The van der Waals surface area contributed by atoms with Gasteiger partial charge in [-0.15, -0.1) is 0 Å². The largest absolute Gasteiger partial charge is 0.476 e. The van der Waals surface area contributed by atoms with E-state index in [9.17, 15) is 4.79 Å². The van der Waals surface area contributed by atoms with Crippen LogP contribution in [-0.4, -0.2) is 34.5 Å². The van der Waals surface area contributed by atoms with Crippen molar-refractivity contribution in [2.75, 3.05) is 6.54 Å². The maximum atomic E-state index is 11.1. The smallest absolute Gasteiger partial charge is 0.372 e. The van der Waals surface area contributed by atoms with Crippen LogP contribution in [0.4, 0.5) is 0 Å². The highest BCUT2D eigenvalue weighted by atomic mass is 16.4. The lowest BCUT2D eigenvalue weighted by molar-refractivity contribution is -0.528. The summed E-state index contributed by atoms with van der Waals surface area (Å²) in [5, 5.41) is 9.12. The molecule has 1 aliphatic rings. The van der Waals surface area contributed by atoms with E-state index in [-0.39, 0.29) is 0 Å². The standard InChI is InChI=1S/C15H21NO3/c1-2-3-4-6-12-8-9-13(19-12)11-16-10-5-7-14(16)15(17)18/h8-9,11,14H,2-7,10H2,1H3/p+1. The van der Waals surface area contributed by atoms with Gasteiger partial charge in [0.05, 0.1) is 0 Å². The second-order valence-corrected chi connectivity index (χ2v) is 5.12. The molecule has 4 nitrogen and oxygen atoms in total. The first-order chi connectivity index (χ1) is 9.20. The molecule has 19 heavy (non-hydrogen) atoms. The third-order valence-corrected chi connectivity index (χ3v) is 3.58. The van der Waals surface area contributed by atoms with E-state index < -0.39 is 12.0 Å². The lowest BCUT2D eigenvalue weighted by Crippen LogP contribution is -2.29. The molecule has 1 N–H and O–H groups in total. The molecule has 0 aliphatic carbocycles. The molecule has 1 aliphatic heterocycles. The summed E-state index contributed by atoms with van der Waals surface area (Å²) in [4.78, 5) is 11.1. The minimum absolute atomic E-state index is 0.395. The number of carboxylic acids is 1. The van der Waals surface area contributed by atoms with Gasteiger partial charge >= 0.3 is 5.97 Å². The molecule has 2 rings (SSSR count). The van der Waals surface area contributed by atoms with Crippen LogP contribution in [0.5, 0.6) is 0 Å². The Morgan fingerprint density at radius 2 is 2.37 bits per heavy atom. The minimum atomic E-state index is -0.747. The van der Waals surface area contributed by atoms with E-state index in [0.29, 0.717) is 0 Å². The topological polar surface area (TPSA) is 53.5 Å². The number of hydrogen-bond acceptors (Lipinski definition) is 2. The van der Waals surface area contributed by atoms with Gasteiger partial charge in [0, 0.05) is 19.3 Å². The quantitative estimate of drug-likeness (QED) is 0.635. The Bertz CT molecular complexity index is 462. The Morgan fingerprint density at radius 3 is 3.11 bits per heavy atom. The number of aliphatic carboxylic acids is 1. The zero-order valence-corrected chi connectivity index (χ0v) is 11.5. The zero-order valence-electron chi connectivity index (χ0n) is 11.5. The van der Waals surface area contributed by atoms with Crippen molar-refractivity contribution in [3.05, 3.63) is 23.7 Å². The van der Waals surface area contributed by atoms with E-state index in [1.165, 1.54) is 12.8 Å². The third kappa shape index (κ3) is 3.69. The second kappa shape index (κ2) is 6.55. The molecule has 0 aromatic carbocycles. The summed E-state index contributed by atoms with van der Waals surface area (Å²) in [5.74, 6) is 1.01. The fourth-order valence-corrected chi connectivity index (χ4v) is 2.52. The van der Waals surface area contributed by atoms with E-state index in [1.54, 1.807) is 0 Å². The van der Waals surface area contributed by atoms with Gasteiger partial charge in [-0.25, -0.2) is 9.37 Å². The van der Waals surface area contributed by atoms with Crippen LogP contribution in [0.1, 0.15) is 50.5 Å². The Morgan fingerprint density at radius 1 is 1.53 bits per heavy atom. The first kappa shape index (κ1) is 13.8. The number of unbranched alkanes of at least 4 members (excludes halogenated alkanes) is 2. The lowest BCUT2D eigenvalue weighted by atomic mass is 10.2. The van der Waals surface area contributed by atoms with Crippen LogP contribution < -0.4 is 0 Å². The molecule has 1 fully saturated rings. The predicted molar refractivity (Wildman–Crippen MR) is 72.9 cm³/mol. The molecule has 0 bridgehead atoms. The van der Waals surface area contributed by atoms with Gasteiger partial charge in [0.15, 0.2) is 5.76 Å². The van der Waals surface area contributed by atoms with E-state index >= 15 is 0 Å². The molecule has 1 atom stereocenters. The Balaban J connectivity index is 2.00. The van der Waals surface area contributed by atoms with Crippen molar-refractivity contribution >= 4 is 12.2 Å². The highest BCUT2D eigenvalue weighted by molar-refractivity contribution is 5.76. The molecule has 1 aromatic rings. The number of furan rings is 1. The van der Waals surface area contributed by atoms with Crippen LogP contribution in [-0.2, 0) is 11.2 Å². The molecule has 1 aromatic heterocycles. The molecule has 2 heterocycles. The molecule has 4 heteroatoms. The van der Waals surface area contributed by atoms with Crippen LogP contribution in [0.2, 0.25) is 0 Å². The summed E-state index contributed by atoms with van der Waals surface area (Å²) in [6.45, 7) is 2.98.